The van der Waals surface area contributed by atoms with Crippen LogP contribution in [0, 0.1) is 12.3 Å². The summed E-state index contributed by atoms with van der Waals surface area (Å²) in [6, 6.07) is 5.95. The lowest BCUT2D eigenvalue weighted by atomic mass is 9.86. The van der Waals surface area contributed by atoms with Crippen molar-refractivity contribution in [3.8, 4) is 0 Å². The number of hydrogen-bond acceptors (Lipinski definition) is 4. The normalized spacial score (nSPS) is 24.8. The maximum absolute atomic E-state index is 12.1. The van der Waals surface area contributed by atoms with Gasteiger partial charge in [-0.25, -0.2) is 4.79 Å². The quantitative estimate of drug-likeness (QED) is 0.820. The molecule has 0 aromatic carbocycles. The Hall–Kier alpha value is -2.15. The zero-order chi connectivity index (χ0) is 17.2. The second kappa shape index (κ2) is 6.76. The molecule has 7 nitrogen and oxygen atoms in total. The van der Waals surface area contributed by atoms with E-state index in [4.69, 9.17) is 0 Å². The summed E-state index contributed by atoms with van der Waals surface area (Å²) in [5.41, 5.74) is 1.81. The van der Waals surface area contributed by atoms with Crippen LogP contribution in [-0.4, -0.2) is 66.5 Å². The van der Waals surface area contributed by atoms with Crippen LogP contribution in [-0.2, 0) is 11.3 Å². The van der Waals surface area contributed by atoms with Gasteiger partial charge in [-0.2, -0.15) is 0 Å². The molecule has 24 heavy (non-hydrogen) atoms. The summed E-state index contributed by atoms with van der Waals surface area (Å²) in [5.74, 6) is 0.0717. The van der Waals surface area contributed by atoms with Crippen molar-refractivity contribution in [2.45, 2.75) is 19.9 Å². The Morgan fingerprint density at radius 2 is 2.21 bits per heavy atom. The van der Waals surface area contributed by atoms with Gasteiger partial charge in [0.05, 0.1) is 5.69 Å². The van der Waals surface area contributed by atoms with Crippen molar-refractivity contribution in [3.05, 3.63) is 29.6 Å². The van der Waals surface area contributed by atoms with E-state index in [9.17, 15) is 9.59 Å². The van der Waals surface area contributed by atoms with Crippen LogP contribution in [0.15, 0.2) is 18.2 Å². The highest BCUT2D eigenvalue weighted by Crippen LogP contribution is 2.31. The number of nitrogens with zero attached hydrogens (tertiary/aromatic N) is 3. The Balaban J connectivity index is 1.78. The molecule has 0 radical (unpaired) electrons. The summed E-state index contributed by atoms with van der Waals surface area (Å²) in [5, 5.41) is 5.64. The van der Waals surface area contributed by atoms with Crippen molar-refractivity contribution >= 4 is 11.9 Å². The second-order valence-corrected chi connectivity index (χ2v) is 6.91. The monoisotopic (exact) mass is 331 g/mol. The van der Waals surface area contributed by atoms with Crippen LogP contribution in [0.3, 0.4) is 0 Å². The minimum Gasteiger partial charge on any atom is -0.355 e. The summed E-state index contributed by atoms with van der Waals surface area (Å²) in [6.07, 6.45) is 0.470. The number of aryl methyl sites for hydroxylation is 1. The summed E-state index contributed by atoms with van der Waals surface area (Å²) < 4.78 is 0. The van der Waals surface area contributed by atoms with E-state index in [1.165, 1.54) is 0 Å². The van der Waals surface area contributed by atoms with Crippen LogP contribution in [0.5, 0.6) is 0 Å². The van der Waals surface area contributed by atoms with E-state index < -0.39 is 0 Å². The lowest BCUT2D eigenvalue weighted by Crippen LogP contribution is -2.46. The fraction of sp³-hybridized carbons (Fsp3) is 0.588. The highest BCUT2D eigenvalue weighted by atomic mass is 16.2. The SMILES string of the molecule is CNC(=O)N1CCN(Cc2cccc(C)n2)CC2(CNC(=O)C2)C1. The molecule has 3 amide bonds. The van der Waals surface area contributed by atoms with E-state index in [1.807, 2.05) is 30.0 Å². The molecule has 1 aromatic heterocycles. The van der Waals surface area contributed by atoms with Crippen molar-refractivity contribution < 1.29 is 9.59 Å². The van der Waals surface area contributed by atoms with Gasteiger partial charge in [-0.1, -0.05) is 6.07 Å². The molecule has 0 saturated carbocycles. The molecular formula is C17H25N5O2. The molecule has 2 aliphatic rings. The summed E-state index contributed by atoms with van der Waals surface area (Å²) in [4.78, 5) is 32.7. The summed E-state index contributed by atoms with van der Waals surface area (Å²) in [7, 11) is 1.65. The van der Waals surface area contributed by atoms with E-state index in [1.54, 1.807) is 7.05 Å². The zero-order valence-corrected chi connectivity index (χ0v) is 14.3. The average molecular weight is 331 g/mol. The Morgan fingerprint density at radius 1 is 1.38 bits per heavy atom. The van der Waals surface area contributed by atoms with Crippen molar-refractivity contribution in [1.82, 2.24) is 25.4 Å². The number of amides is 3. The van der Waals surface area contributed by atoms with Crippen molar-refractivity contribution in [2.24, 2.45) is 5.41 Å². The summed E-state index contributed by atoms with van der Waals surface area (Å²) >= 11 is 0. The molecule has 130 valence electrons. The van der Waals surface area contributed by atoms with Crippen LogP contribution in [0.2, 0.25) is 0 Å². The molecule has 2 N–H and O–H groups in total. The predicted molar refractivity (Wildman–Crippen MR) is 90.3 cm³/mol. The van der Waals surface area contributed by atoms with Crippen molar-refractivity contribution in [2.75, 3.05) is 39.8 Å². The van der Waals surface area contributed by atoms with E-state index in [2.05, 4.69) is 20.5 Å². The van der Waals surface area contributed by atoms with Gasteiger partial charge in [0.1, 0.15) is 0 Å². The standard InChI is InChI=1S/C17H25N5O2/c1-13-4-3-5-14(20-13)9-21-6-7-22(16(24)18-2)12-17(11-21)8-15(23)19-10-17/h3-5H,6-12H2,1-2H3,(H,18,24)(H,19,23). The van der Waals surface area contributed by atoms with E-state index in [0.29, 0.717) is 26.1 Å². The number of carbonyl (C=O) groups is 2. The first kappa shape index (κ1) is 16.7. The topological polar surface area (TPSA) is 77.6 Å². The van der Waals surface area contributed by atoms with Gasteiger partial charge in [0.15, 0.2) is 0 Å². The van der Waals surface area contributed by atoms with Crippen LogP contribution >= 0.6 is 0 Å². The average Bonchev–Trinajstić information content (AvgIpc) is 2.80. The number of urea groups is 1. The molecule has 0 bridgehead atoms. The molecule has 1 spiro atoms. The fourth-order valence-electron chi connectivity index (χ4n) is 3.71. The molecule has 1 atom stereocenters. The number of hydrogen-bond donors (Lipinski definition) is 2. The number of aromatic nitrogens is 1. The van der Waals surface area contributed by atoms with Crippen molar-refractivity contribution in [3.63, 3.8) is 0 Å². The zero-order valence-electron chi connectivity index (χ0n) is 14.3. The number of rotatable bonds is 2. The third kappa shape index (κ3) is 3.67. The molecule has 1 unspecified atom stereocenters. The molecule has 1 aromatic rings. The minimum absolute atomic E-state index is 0.0717. The largest absolute Gasteiger partial charge is 0.355 e. The van der Waals surface area contributed by atoms with E-state index in [0.717, 1.165) is 31.0 Å². The molecule has 0 aliphatic carbocycles. The third-order valence-corrected chi connectivity index (χ3v) is 4.80. The van der Waals surface area contributed by atoms with E-state index >= 15 is 0 Å². The van der Waals surface area contributed by atoms with Gasteiger partial charge in [0.2, 0.25) is 5.91 Å². The maximum Gasteiger partial charge on any atom is 0.317 e. The molecule has 2 aliphatic heterocycles. The Morgan fingerprint density at radius 3 is 2.88 bits per heavy atom. The maximum atomic E-state index is 12.1. The first-order valence-corrected chi connectivity index (χ1v) is 8.38. The molecule has 7 heteroatoms. The van der Waals surface area contributed by atoms with Gasteiger partial charge in [0.25, 0.3) is 0 Å². The lowest BCUT2D eigenvalue weighted by Gasteiger charge is -2.32. The highest BCUT2D eigenvalue weighted by Gasteiger charge is 2.43. The van der Waals surface area contributed by atoms with Crippen LogP contribution in [0.4, 0.5) is 4.79 Å². The van der Waals surface area contributed by atoms with Crippen LogP contribution < -0.4 is 10.6 Å². The third-order valence-electron chi connectivity index (χ3n) is 4.80. The fourth-order valence-corrected chi connectivity index (χ4v) is 3.71. The van der Waals surface area contributed by atoms with Gasteiger partial charge in [-0.15, -0.1) is 0 Å². The Labute approximate surface area is 142 Å². The number of carbonyl (C=O) groups excluding carboxylic acids is 2. The van der Waals surface area contributed by atoms with Gasteiger partial charge in [-0.05, 0) is 19.1 Å². The summed E-state index contributed by atoms with van der Waals surface area (Å²) in [6.45, 7) is 6.16. The van der Waals surface area contributed by atoms with E-state index in [-0.39, 0.29) is 17.4 Å². The predicted octanol–water partition coefficient (Wildman–Crippen LogP) is 0.353. The molecule has 3 rings (SSSR count). The van der Waals surface area contributed by atoms with Crippen molar-refractivity contribution in [1.29, 1.82) is 0 Å². The molecular weight excluding hydrogens is 306 g/mol. The first-order valence-electron chi connectivity index (χ1n) is 8.38. The molecule has 2 saturated heterocycles. The minimum atomic E-state index is -0.218. The van der Waals surface area contributed by atoms with Gasteiger partial charge in [-0.3, -0.25) is 14.7 Å². The van der Waals surface area contributed by atoms with Gasteiger partial charge >= 0.3 is 6.03 Å². The van der Waals surface area contributed by atoms with Gasteiger partial charge in [0, 0.05) is 63.8 Å². The number of pyridine rings is 1. The number of nitrogens with one attached hydrogen (secondary N) is 2. The van der Waals surface area contributed by atoms with Gasteiger partial charge < -0.3 is 15.5 Å². The Bertz CT molecular complexity index is 635. The lowest BCUT2D eigenvalue weighted by molar-refractivity contribution is -0.119. The van der Waals surface area contributed by atoms with Crippen LogP contribution in [0.25, 0.3) is 0 Å². The smallest absolute Gasteiger partial charge is 0.317 e. The van der Waals surface area contributed by atoms with Crippen LogP contribution in [0.1, 0.15) is 17.8 Å². The highest BCUT2D eigenvalue weighted by molar-refractivity contribution is 5.80. The Kier molecular flexibility index (Phi) is 4.71. The molecule has 2 fully saturated rings. The molecule has 3 heterocycles. The second-order valence-electron chi connectivity index (χ2n) is 6.91. The first-order chi connectivity index (χ1) is 11.5.